The van der Waals surface area contributed by atoms with Crippen LogP contribution in [0.3, 0.4) is 0 Å². The normalized spacial score (nSPS) is 12.6. The fourth-order valence-electron chi connectivity index (χ4n) is 2.44. The summed E-state index contributed by atoms with van der Waals surface area (Å²) in [5.74, 6) is 0.328. The zero-order valence-corrected chi connectivity index (χ0v) is 13.6. The second-order valence-corrected chi connectivity index (χ2v) is 5.96. The van der Waals surface area contributed by atoms with Crippen molar-refractivity contribution in [3.05, 3.63) is 35.6 Å². The van der Waals surface area contributed by atoms with Crippen LogP contribution in [0.2, 0.25) is 0 Å². The molecule has 0 fully saturated rings. The van der Waals surface area contributed by atoms with Gasteiger partial charge in [0.15, 0.2) is 0 Å². The van der Waals surface area contributed by atoms with Gasteiger partial charge in [-0.1, -0.05) is 79.9 Å². The van der Waals surface area contributed by atoms with Gasteiger partial charge in [0.05, 0.1) is 0 Å². The zero-order chi connectivity index (χ0) is 13.9. The Labute approximate surface area is 125 Å². The molecule has 108 valence electrons. The Balaban J connectivity index is 2.22. The van der Waals surface area contributed by atoms with Crippen molar-refractivity contribution in [2.45, 2.75) is 64.2 Å². The van der Waals surface area contributed by atoms with E-state index in [1.807, 2.05) is 12.1 Å². The Morgan fingerprint density at radius 2 is 1.74 bits per heavy atom. The monoisotopic (exact) mass is 328 g/mol. The van der Waals surface area contributed by atoms with Crippen LogP contribution in [0.15, 0.2) is 24.3 Å². The molecule has 0 aliphatic carbocycles. The summed E-state index contributed by atoms with van der Waals surface area (Å²) in [6.45, 7) is 2.25. The van der Waals surface area contributed by atoms with Crippen LogP contribution in [0.1, 0.15) is 69.8 Å². The lowest BCUT2D eigenvalue weighted by Crippen LogP contribution is -2.01. The van der Waals surface area contributed by atoms with E-state index in [0.717, 1.165) is 17.3 Å². The molecule has 1 aromatic rings. The summed E-state index contributed by atoms with van der Waals surface area (Å²) in [6, 6.07) is 7.04. The number of hydrogen-bond acceptors (Lipinski definition) is 0. The van der Waals surface area contributed by atoms with Crippen molar-refractivity contribution in [1.82, 2.24) is 0 Å². The number of rotatable bonds is 10. The van der Waals surface area contributed by atoms with E-state index in [0.29, 0.717) is 5.92 Å². The molecule has 0 saturated heterocycles. The Hall–Kier alpha value is -0.370. The van der Waals surface area contributed by atoms with E-state index in [1.165, 1.54) is 51.0 Å². The molecule has 0 heterocycles. The molecule has 1 atom stereocenters. The van der Waals surface area contributed by atoms with E-state index in [9.17, 15) is 4.39 Å². The van der Waals surface area contributed by atoms with Gasteiger partial charge < -0.3 is 0 Å². The van der Waals surface area contributed by atoms with Crippen LogP contribution in [-0.2, 0) is 0 Å². The molecule has 2 heteroatoms. The van der Waals surface area contributed by atoms with Crippen LogP contribution < -0.4 is 0 Å². The summed E-state index contributed by atoms with van der Waals surface area (Å²) in [4.78, 5) is 0. The number of benzene rings is 1. The fraction of sp³-hybridized carbons (Fsp3) is 0.647. The van der Waals surface area contributed by atoms with Crippen LogP contribution in [0.25, 0.3) is 0 Å². The Morgan fingerprint density at radius 1 is 1.05 bits per heavy atom. The van der Waals surface area contributed by atoms with E-state index in [2.05, 4.69) is 22.9 Å². The van der Waals surface area contributed by atoms with Gasteiger partial charge in [0, 0.05) is 5.33 Å². The average Bonchev–Trinajstić information content (AvgIpc) is 2.42. The Bertz CT molecular complexity index is 338. The van der Waals surface area contributed by atoms with Crippen molar-refractivity contribution in [2.24, 2.45) is 0 Å². The van der Waals surface area contributed by atoms with Crippen molar-refractivity contribution in [3.63, 3.8) is 0 Å². The first-order chi connectivity index (χ1) is 9.27. The number of halogens is 2. The highest BCUT2D eigenvalue weighted by Gasteiger charge is 2.10. The summed E-state index contributed by atoms with van der Waals surface area (Å²) in [5.41, 5.74) is 1.13. The summed E-state index contributed by atoms with van der Waals surface area (Å²) in [7, 11) is 0. The number of hydrogen-bond donors (Lipinski definition) is 0. The molecular formula is C17H26BrF. The number of alkyl halides is 1. The molecule has 0 N–H and O–H groups in total. The predicted octanol–water partition coefficient (Wildman–Crippen LogP) is 6.44. The van der Waals surface area contributed by atoms with Gasteiger partial charge in [0.2, 0.25) is 0 Å². The molecule has 1 aromatic carbocycles. The Morgan fingerprint density at radius 3 is 2.37 bits per heavy atom. The molecule has 0 bridgehead atoms. The lowest BCUT2D eigenvalue weighted by atomic mass is 9.94. The Kier molecular flexibility index (Phi) is 9.15. The molecule has 0 saturated carbocycles. The first-order valence-electron chi connectivity index (χ1n) is 7.59. The fourth-order valence-corrected chi connectivity index (χ4v) is 3.14. The van der Waals surface area contributed by atoms with Crippen LogP contribution in [0.5, 0.6) is 0 Å². The second kappa shape index (κ2) is 10.4. The number of unbranched alkanes of at least 4 members (excludes halogenated alkanes) is 6. The van der Waals surface area contributed by atoms with Crippen LogP contribution in [0, 0.1) is 5.82 Å². The average molecular weight is 329 g/mol. The minimum atomic E-state index is -0.122. The van der Waals surface area contributed by atoms with Gasteiger partial charge in [-0.05, 0) is 30.0 Å². The third-order valence-electron chi connectivity index (χ3n) is 3.66. The van der Waals surface area contributed by atoms with Gasteiger partial charge in [0.1, 0.15) is 5.82 Å². The van der Waals surface area contributed by atoms with Gasteiger partial charge in [-0.25, -0.2) is 4.39 Å². The van der Waals surface area contributed by atoms with E-state index in [4.69, 9.17) is 0 Å². The highest BCUT2D eigenvalue weighted by Crippen LogP contribution is 2.25. The van der Waals surface area contributed by atoms with Crippen molar-refractivity contribution < 1.29 is 4.39 Å². The van der Waals surface area contributed by atoms with Crippen molar-refractivity contribution in [3.8, 4) is 0 Å². The molecule has 19 heavy (non-hydrogen) atoms. The SMILES string of the molecule is CCCCCCCCCC(CBr)c1cccc(F)c1. The van der Waals surface area contributed by atoms with Crippen molar-refractivity contribution in [2.75, 3.05) is 5.33 Å². The lowest BCUT2D eigenvalue weighted by molar-refractivity contribution is 0.550. The first-order valence-corrected chi connectivity index (χ1v) is 8.71. The summed E-state index contributed by atoms with van der Waals surface area (Å²) >= 11 is 3.56. The molecule has 1 rings (SSSR count). The van der Waals surface area contributed by atoms with Crippen LogP contribution in [-0.4, -0.2) is 5.33 Å². The molecule has 1 unspecified atom stereocenters. The third-order valence-corrected chi connectivity index (χ3v) is 4.44. The predicted molar refractivity (Wildman–Crippen MR) is 85.5 cm³/mol. The molecule has 0 radical (unpaired) electrons. The van der Waals surface area contributed by atoms with Crippen LogP contribution in [0.4, 0.5) is 4.39 Å². The molecule has 0 aliphatic heterocycles. The minimum absolute atomic E-state index is 0.122. The van der Waals surface area contributed by atoms with Crippen molar-refractivity contribution in [1.29, 1.82) is 0 Å². The van der Waals surface area contributed by atoms with Gasteiger partial charge in [-0.2, -0.15) is 0 Å². The second-order valence-electron chi connectivity index (χ2n) is 5.32. The van der Waals surface area contributed by atoms with Gasteiger partial charge in [0.25, 0.3) is 0 Å². The highest BCUT2D eigenvalue weighted by molar-refractivity contribution is 9.09. The van der Waals surface area contributed by atoms with E-state index in [-0.39, 0.29) is 5.82 Å². The maximum absolute atomic E-state index is 13.2. The maximum Gasteiger partial charge on any atom is 0.123 e. The highest BCUT2D eigenvalue weighted by atomic mass is 79.9. The van der Waals surface area contributed by atoms with E-state index >= 15 is 0 Å². The van der Waals surface area contributed by atoms with E-state index < -0.39 is 0 Å². The zero-order valence-electron chi connectivity index (χ0n) is 12.0. The van der Waals surface area contributed by atoms with Crippen LogP contribution >= 0.6 is 15.9 Å². The maximum atomic E-state index is 13.2. The summed E-state index contributed by atoms with van der Waals surface area (Å²) in [5, 5.41) is 0.923. The minimum Gasteiger partial charge on any atom is -0.207 e. The van der Waals surface area contributed by atoms with Crippen molar-refractivity contribution >= 4 is 15.9 Å². The topological polar surface area (TPSA) is 0 Å². The lowest BCUT2D eigenvalue weighted by Gasteiger charge is -2.14. The molecule has 0 amide bonds. The summed E-state index contributed by atoms with van der Waals surface area (Å²) in [6.07, 6.45) is 10.5. The first kappa shape index (κ1) is 16.7. The third kappa shape index (κ3) is 7.10. The van der Waals surface area contributed by atoms with Gasteiger partial charge in [-0.3, -0.25) is 0 Å². The molecule has 0 spiro atoms. The largest absolute Gasteiger partial charge is 0.207 e. The standard InChI is InChI=1S/C17H26BrF/c1-2-3-4-5-6-7-8-10-16(14-18)15-11-9-12-17(19)13-15/h9,11-13,16H,2-8,10,14H2,1H3. The van der Waals surface area contributed by atoms with E-state index in [1.54, 1.807) is 6.07 Å². The molecule has 0 nitrogen and oxygen atoms in total. The molecule has 0 aromatic heterocycles. The van der Waals surface area contributed by atoms with Gasteiger partial charge >= 0.3 is 0 Å². The van der Waals surface area contributed by atoms with Gasteiger partial charge in [-0.15, -0.1) is 0 Å². The summed E-state index contributed by atoms with van der Waals surface area (Å²) < 4.78 is 13.2. The molecule has 0 aliphatic rings. The smallest absolute Gasteiger partial charge is 0.123 e. The quantitative estimate of drug-likeness (QED) is 0.342. The molecular weight excluding hydrogens is 303 g/mol.